The predicted octanol–water partition coefficient (Wildman–Crippen LogP) is 0.381. The molecule has 0 saturated heterocycles. The van der Waals surface area contributed by atoms with Gasteiger partial charge in [-0.3, -0.25) is 9.79 Å². The van der Waals surface area contributed by atoms with Crippen LogP contribution >= 0.6 is 0 Å². The number of allylic oxidation sites excluding steroid dienone is 3. The first-order valence-corrected chi connectivity index (χ1v) is 4.11. The highest BCUT2D eigenvalue weighted by Gasteiger charge is 2.78. The van der Waals surface area contributed by atoms with E-state index in [9.17, 15) is 9.90 Å². The number of rotatable bonds is 0. The number of aliphatic hydroxyl groups is 1. The maximum absolute atomic E-state index is 11.5. The molecule has 3 aliphatic rings. The van der Waals surface area contributed by atoms with Gasteiger partial charge in [-0.25, -0.2) is 0 Å². The summed E-state index contributed by atoms with van der Waals surface area (Å²) in [5, 5.41) is 9.90. The molecule has 1 heterocycles. The maximum atomic E-state index is 11.5. The van der Waals surface area contributed by atoms with Crippen molar-refractivity contribution in [2.75, 3.05) is 0 Å². The van der Waals surface area contributed by atoms with E-state index in [-0.39, 0.29) is 5.78 Å². The van der Waals surface area contributed by atoms with Crippen LogP contribution in [-0.4, -0.2) is 22.2 Å². The standard InChI is InChI=1S/C10H7NO2/c12-8-9-4-2-1-3-7(9)11-6-5-10(8,9)13/h1-6,13H/t9-,10-/m1/s1. The van der Waals surface area contributed by atoms with Gasteiger partial charge in [0.1, 0.15) is 5.41 Å². The molecule has 3 heteroatoms. The van der Waals surface area contributed by atoms with Crippen molar-refractivity contribution in [3.63, 3.8) is 0 Å². The molecule has 1 N–H and O–H groups in total. The van der Waals surface area contributed by atoms with Crippen molar-refractivity contribution in [2.24, 2.45) is 10.4 Å². The number of hydrogen-bond donors (Lipinski definition) is 1. The van der Waals surface area contributed by atoms with Crippen molar-refractivity contribution in [3.8, 4) is 0 Å². The predicted molar refractivity (Wildman–Crippen MR) is 47.2 cm³/mol. The summed E-state index contributed by atoms with van der Waals surface area (Å²) in [6.45, 7) is 0. The molecule has 0 aromatic heterocycles. The molecule has 3 rings (SSSR count). The highest BCUT2D eigenvalue weighted by atomic mass is 16.3. The van der Waals surface area contributed by atoms with Crippen LogP contribution in [0.15, 0.2) is 41.6 Å². The van der Waals surface area contributed by atoms with Crippen molar-refractivity contribution in [3.05, 3.63) is 36.6 Å². The molecule has 13 heavy (non-hydrogen) atoms. The molecule has 64 valence electrons. The molecule has 0 aromatic rings. The average molecular weight is 173 g/mol. The first-order chi connectivity index (χ1) is 6.22. The molecule has 0 unspecified atom stereocenters. The Morgan fingerprint density at radius 2 is 2.15 bits per heavy atom. The largest absolute Gasteiger partial charge is 0.376 e. The number of carbonyl (C=O) groups excluding carboxylic acids is 1. The zero-order chi connectivity index (χ0) is 9.10. The van der Waals surface area contributed by atoms with Gasteiger partial charge >= 0.3 is 0 Å². The number of Topliss-reactive ketones (excluding diaryl/α,β-unsaturated/α-hetero) is 1. The summed E-state index contributed by atoms with van der Waals surface area (Å²) in [7, 11) is 0. The minimum absolute atomic E-state index is 0.173. The molecule has 0 radical (unpaired) electrons. The van der Waals surface area contributed by atoms with Crippen molar-refractivity contribution in [1.29, 1.82) is 0 Å². The second-order valence-corrected chi connectivity index (χ2v) is 3.45. The van der Waals surface area contributed by atoms with Gasteiger partial charge in [-0.15, -0.1) is 0 Å². The first-order valence-electron chi connectivity index (χ1n) is 4.11. The third kappa shape index (κ3) is 0.515. The highest BCUT2D eigenvalue weighted by Crippen LogP contribution is 2.57. The lowest BCUT2D eigenvalue weighted by Gasteiger charge is -2.17. The van der Waals surface area contributed by atoms with E-state index in [0.29, 0.717) is 5.71 Å². The van der Waals surface area contributed by atoms with Crippen LogP contribution in [0, 0.1) is 5.41 Å². The topological polar surface area (TPSA) is 49.7 Å². The molecular weight excluding hydrogens is 166 g/mol. The number of nitrogens with zero attached hydrogens (tertiary/aromatic N) is 1. The Hall–Kier alpha value is -1.48. The second-order valence-electron chi connectivity index (χ2n) is 3.45. The minimum Gasteiger partial charge on any atom is -0.376 e. The van der Waals surface area contributed by atoms with Crippen molar-refractivity contribution in [1.82, 2.24) is 0 Å². The van der Waals surface area contributed by atoms with Crippen LogP contribution in [0.3, 0.4) is 0 Å². The molecule has 1 saturated carbocycles. The van der Waals surface area contributed by atoms with Crippen LogP contribution in [0.2, 0.25) is 0 Å². The lowest BCUT2D eigenvalue weighted by molar-refractivity contribution is -0.114. The van der Waals surface area contributed by atoms with E-state index in [0.717, 1.165) is 0 Å². The summed E-state index contributed by atoms with van der Waals surface area (Å²) in [5.74, 6) is -0.173. The summed E-state index contributed by atoms with van der Waals surface area (Å²) < 4.78 is 0. The van der Waals surface area contributed by atoms with Gasteiger partial charge in [-0.1, -0.05) is 18.2 Å². The van der Waals surface area contributed by atoms with E-state index < -0.39 is 11.0 Å². The normalized spacial score (nSPS) is 44.1. The molecule has 2 atom stereocenters. The second kappa shape index (κ2) is 1.72. The molecule has 0 aromatic carbocycles. The molecule has 1 fully saturated rings. The van der Waals surface area contributed by atoms with Crippen molar-refractivity contribution < 1.29 is 9.90 Å². The molecule has 2 aliphatic carbocycles. The molecule has 3 nitrogen and oxygen atoms in total. The van der Waals surface area contributed by atoms with Gasteiger partial charge in [0.15, 0.2) is 11.4 Å². The fourth-order valence-corrected chi connectivity index (χ4v) is 2.06. The monoisotopic (exact) mass is 173 g/mol. The van der Waals surface area contributed by atoms with Crippen molar-refractivity contribution >= 4 is 11.5 Å². The summed E-state index contributed by atoms with van der Waals surface area (Å²) in [5.41, 5.74) is -1.52. The first kappa shape index (κ1) is 6.97. The van der Waals surface area contributed by atoms with Gasteiger partial charge in [0.05, 0.1) is 5.71 Å². The van der Waals surface area contributed by atoms with Crippen LogP contribution < -0.4 is 0 Å². The maximum Gasteiger partial charge on any atom is 0.189 e. The fourth-order valence-electron chi connectivity index (χ4n) is 2.06. The lowest BCUT2D eigenvalue weighted by atomic mass is 9.89. The van der Waals surface area contributed by atoms with Gasteiger partial charge in [-0.05, 0) is 12.2 Å². The third-order valence-electron chi connectivity index (χ3n) is 2.89. The van der Waals surface area contributed by atoms with E-state index in [1.165, 1.54) is 12.3 Å². The number of carbonyl (C=O) groups is 1. The zero-order valence-corrected chi connectivity index (χ0v) is 6.77. The fraction of sp³-hybridized carbons (Fsp3) is 0.200. The van der Waals surface area contributed by atoms with Gasteiger partial charge < -0.3 is 5.11 Å². The van der Waals surface area contributed by atoms with E-state index in [2.05, 4.69) is 4.99 Å². The van der Waals surface area contributed by atoms with Gasteiger partial charge in [0, 0.05) is 6.20 Å². The number of hydrogen-bond acceptors (Lipinski definition) is 3. The van der Waals surface area contributed by atoms with Gasteiger partial charge in [0.25, 0.3) is 0 Å². The minimum atomic E-state index is -1.31. The smallest absolute Gasteiger partial charge is 0.189 e. The molecule has 0 amide bonds. The summed E-state index contributed by atoms with van der Waals surface area (Å²) >= 11 is 0. The Labute approximate surface area is 74.8 Å². The SMILES string of the molecule is O=C1[C@@]23C=CC=CC2=NC=C[C@@]13O. The quantitative estimate of drug-likeness (QED) is 0.575. The van der Waals surface area contributed by atoms with Crippen LogP contribution in [0.25, 0.3) is 0 Å². The Balaban J connectivity index is 2.28. The van der Waals surface area contributed by atoms with Gasteiger partial charge in [-0.2, -0.15) is 0 Å². The van der Waals surface area contributed by atoms with E-state index in [4.69, 9.17) is 0 Å². The lowest BCUT2D eigenvalue weighted by Crippen LogP contribution is -2.27. The molecule has 0 bridgehead atoms. The van der Waals surface area contributed by atoms with Crippen LogP contribution in [0.4, 0.5) is 0 Å². The molecular formula is C10H7NO2. The van der Waals surface area contributed by atoms with E-state index in [1.54, 1.807) is 18.2 Å². The Morgan fingerprint density at radius 3 is 2.92 bits per heavy atom. The number of aliphatic imine (C=N–C) groups is 1. The van der Waals surface area contributed by atoms with Gasteiger partial charge in [0.2, 0.25) is 0 Å². The van der Waals surface area contributed by atoms with E-state index in [1.807, 2.05) is 6.08 Å². The molecule has 1 aliphatic heterocycles. The van der Waals surface area contributed by atoms with Crippen LogP contribution in [0.5, 0.6) is 0 Å². The Bertz CT molecular complexity index is 430. The average Bonchev–Trinajstić information content (AvgIpc) is 2.63. The zero-order valence-electron chi connectivity index (χ0n) is 6.77. The Kier molecular flexibility index (Phi) is 0.925. The highest BCUT2D eigenvalue weighted by molar-refractivity contribution is 6.35. The summed E-state index contributed by atoms with van der Waals surface area (Å²) in [4.78, 5) is 15.6. The summed E-state index contributed by atoms with van der Waals surface area (Å²) in [6.07, 6.45) is 10.0. The van der Waals surface area contributed by atoms with Crippen molar-refractivity contribution in [2.45, 2.75) is 5.60 Å². The van der Waals surface area contributed by atoms with Crippen LogP contribution in [-0.2, 0) is 4.79 Å². The van der Waals surface area contributed by atoms with E-state index >= 15 is 0 Å². The summed E-state index contributed by atoms with van der Waals surface area (Å²) in [6, 6.07) is 0. The van der Waals surface area contributed by atoms with Crippen LogP contribution in [0.1, 0.15) is 0 Å². The number of ketones is 1. The Morgan fingerprint density at radius 1 is 1.31 bits per heavy atom. The third-order valence-corrected chi connectivity index (χ3v) is 2.89. The molecule has 1 spiro atoms.